The molecule has 0 unspecified atom stereocenters. The van der Waals surface area contributed by atoms with Gasteiger partial charge in [0, 0.05) is 11.4 Å². The number of nitrogens with zero attached hydrogens (tertiary/aromatic N) is 4. The van der Waals surface area contributed by atoms with Gasteiger partial charge < -0.3 is 11.2 Å². The van der Waals surface area contributed by atoms with E-state index >= 15 is 0 Å². The molecule has 1 heterocycles. The van der Waals surface area contributed by atoms with Crippen LogP contribution in [-0.4, -0.2) is 32.2 Å². The van der Waals surface area contributed by atoms with Crippen molar-refractivity contribution in [2.45, 2.75) is 51.1 Å². The molecular weight excluding hydrogens is 362 g/mol. The highest BCUT2D eigenvalue weighted by Gasteiger charge is 2.13. The van der Waals surface area contributed by atoms with E-state index in [-0.39, 0.29) is 11.7 Å². The van der Waals surface area contributed by atoms with Gasteiger partial charge in [0.2, 0.25) is 11.1 Å². The van der Waals surface area contributed by atoms with Crippen molar-refractivity contribution in [2.24, 2.45) is 5.10 Å². The molecule has 9 heteroatoms. The molecule has 2 aromatic rings. The molecule has 27 heavy (non-hydrogen) atoms. The largest absolute Gasteiger partial charge is 0.334 e. The molecule has 0 aliphatic heterocycles. The number of nitrogen functional groups attached to an aromatic ring is 1. The molecule has 0 atom stereocenters. The molecule has 0 spiro atoms. The summed E-state index contributed by atoms with van der Waals surface area (Å²) in [5.41, 5.74) is 6.95. The summed E-state index contributed by atoms with van der Waals surface area (Å²) in [6, 6.07) is 5.96. The minimum atomic E-state index is -0.117. The van der Waals surface area contributed by atoms with Crippen LogP contribution in [0.2, 0.25) is 0 Å². The van der Waals surface area contributed by atoms with Crippen LogP contribution in [0.1, 0.15) is 43.2 Å². The van der Waals surface area contributed by atoms with E-state index in [2.05, 4.69) is 26.0 Å². The number of rotatable bonds is 6. The first-order valence-corrected chi connectivity index (χ1v) is 10.0. The maximum absolute atomic E-state index is 12.2. The van der Waals surface area contributed by atoms with E-state index in [4.69, 9.17) is 5.84 Å². The van der Waals surface area contributed by atoms with Crippen molar-refractivity contribution >= 4 is 35.0 Å². The van der Waals surface area contributed by atoms with Gasteiger partial charge in [-0.3, -0.25) is 4.79 Å². The zero-order valence-corrected chi connectivity index (χ0v) is 16.5. The smallest absolute Gasteiger partial charge is 0.264 e. The number of anilines is 2. The molecule has 1 aromatic carbocycles. The summed E-state index contributed by atoms with van der Waals surface area (Å²) in [6.07, 6.45) is 5.62. The second-order valence-electron chi connectivity index (χ2n) is 6.68. The summed E-state index contributed by atoms with van der Waals surface area (Å²) in [6.45, 7) is 3.95. The minimum Gasteiger partial charge on any atom is -0.334 e. The number of benzene rings is 1. The predicted molar refractivity (Wildman–Crippen MR) is 110 cm³/mol. The van der Waals surface area contributed by atoms with E-state index in [0.29, 0.717) is 11.1 Å². The standard InChI is InChI=1S/C18H25N7OS/c1-12-8-9-13(2)15(10-12)20-16(26)11-27-18-24-23-17(25(18)19)22-21-14-6-4-3-5-7-14/h8-10H,3-7,11,19H2,1-2H3,(H,20,26)(H,22,23). The highest BCUT2D eigenvalue weighted by Crippen LogP contribution is 2.20. The Labute approximate surface area is 163 Å². The topological polar surface area (TPSA) is 110 Å². The number of carbonyl (C=O) groups is 1. The highest BCUT2D eigenvalue weighted by molar-refractivity contribution is 7.99. The van der Waals surface area contributed by atoms with E-state index in [1.165, 1.54) is 35.7 Å². The zero-order valence-electron chi connectivity index (χ0n) is 15.7. The predicted octanol–water partition coefficient (Wildman–Crippen LogP) is 3.07. The van der Waals surface area contributed by atoms with Crippen molar-refractivity contribution in [2.75, 3.05) is 22.3 Å². The summed E-state index contributed by atoms with van der Waals surface area (Å²) in [5.74, 6) is 6.45. The van der Waals surface area contributed by atoms with Crippen LogP contribution in [0.5, 0.6) is 0 Å². The van der Waals surface area contributed by atoms with E-state index < -0.39 is 0 Å². The average Bonchev–Trinajstić information content (AvgIpc) is 3.02. The molecule has 1 aromatic heterocycles. The molecular formula is C18H25N7OS. The number of nitrogens with one attached hydrogen (secondary N) is 2. The number of hydrogen-bond acceptors (Lipinski definition) is 7. The second-order valence-corrected chi connectivity index (χ2v) is 7.62. The third kappa shape index (κ3) is 5.22. The van der Waals surface area contributed by atoms with Crippen molar-refractivity contribution < 1.29 is 4.79 Å². The van der Waals surface area contributed by atoms with Gasteiger partial charge in [-0.25, -0.2) is 10.1 Å². The van der Waals surface area contributed by atoms with Crippen LogP contribution in [0.15, 0.2) is 28.5 Å². The van der Waals surface area contributed by atoms with Gasteiger partial charge in [0.1, 0.15) is 0 Å². The first-order chi connectivity index (χ1) is 13.0. The van der Waals surface area contributed by atoms with Crippen LogP contribution in [0, 0.1) is 13.8 Å². The molecule has 1 aliphatic carbocycles. The van der Waals surface area contributed by atoms with E-state index in [1.54, 1.807) is 0 Å². The molecule has 3 rings (SSSR count). The summed E-state index contributed by atoms with van der Waals surface area (Å²) < 4.78 is 1.32. The number of thioether (sulfide) groups is 1. The Morgan fingerprint density at radius 2 is 2.04 bits per heavy atom. The number of aromatic nitrogens is 3. The van der Waals surface area contributed by atoms with Gasteiger partial charge in [-0.1, -0.05) is 30.3 Å². The Kier molecular flexibility index (Phi) is 6.33. The Bertz CT molecular complexity index is 838. The third-order valence-electron chi connectivity index (χ3n) is 4.41. The van der Waals surface area contributed by atoms with E-state index in [1.807, 2.05) is 32.0 Å². The fourth-order valence-electron chi connectivity index (χ4n) is 2.84. The lowest BCUT2D eigenvalue weighted by atomic mass is 9.99. The molecule has 1 aliphatic rings. The summed E-state index contributed by atoms with van der Waals surface area (Å²) in [7, 11) is 0. The zero-order chi connectivity index (χ0) is 19.2. The lowest BCUT2D eigenvalue weighted by Gasteiger charge is -2.12. The molecule has 4 N–H and O–H groups in total. The summed E-state index contributed by atoms with van der Waals surface area (Å²) in [4.78, 5) is 12.2. The van der Waals surface area contributed by atoms with Crippen LogP contribution in [0.3, 0.4) is 0 Å². The molecule has 8 nitrogen and oxygen atoms in total. The number of carbonyl (C=O) groups excluding carboxylic acids is 1. The monoisotopic (exact) mass is 387 g/mol. The van der Waals surface area contributed by atoms with Crippen molar-refractivity contribution in [3.8, 4) is 0 Å². The normalized spacial score (nSPS) is 14.1. The third-order valence-corrected chi connectivity index (χ3v) is 5.35. The van der Waals surface area contributed by atoms with Gasteiger partial charge in [0.05, 0.1) is 5.75 Å². The lowest BCUT2D eigenvalue weighted by molar-refractivity contribution is -0.113. The molecule has 144 valence electrons. The molecule has 0 radical (unpaired) electrons. The maximum Gasteiger partial charge on any atom is 0.264 e. The Hall–Kier alpha value is -2.55. The fourth-order valence-corrected chi connectivity index (χ4v) is 3.50. The van der Waals surface area contributed by atoms with Gasteiger partial charge in [-0.05, 0) is 56.7 Å². The van der Waals surface area contributed by atoms with Crippen LogP contribution < -0.4 is 16.6 Å². The number of nitrogens with two attached hydrogens (primary N) is 1. The van der Waals surface area contributed by atoms with Gasteiger partial charge in [0.25, 0.3) is 5.95 Å². The van der Waals surface area contributed by atoms with Crippen LogP contribution >= 0.6 is 11.8 Å². The summed E-state index contributed by atoms with van der Waals surface area (Å²) >= 11 is 1.23. The molecule has 0 bridgehead atoms. The first-order valence-electron chi connectivity index (χ1n) is 9.05. The number of hydrazone groups is 1. The van der Waals surface area contributed by atoms with E-state index in [0.717, 1.165) is 35.4 Å². The van der Waals surface area contributed by atoms with Gasteiger partial charge >= 0.3 is 0 Å². The highest BCUT2D eigenvalue weighted by atomic mass is 32.2. The van der Waals surface area contributed by atoms with Crippen LogP contribution in [0.25, 0.3) is 0 Å². The quantitative estimate of drug-likeness (QED) is 0.399. The van der Waals surface area contributed by atoms with Crippen LogP contribution in [-0.2, 0) is 4.79 Å². The van der Waals surface area contributed by atoms with Gasteiger partial charge in [0.15, 0.2) is 0 Å². The molecule has 1 fully saturated rings. The van der Waals surface area contributed by atoms with Crippen molar-refractivity contribution in [3.63, 3.8) is 0 Å². The van der Waals surface area contributed by atoms with Gasteiger partial charge in [-0.2, -0.15) is 5.10 Å². The number of aryl methyl sites for hydroxylation is 2. The van der Waals surface area contributed by atoms with Crippen molar-refractivity contribution in [1.82, 2.24) is 14.9 Å². The number of hydrogen-bond donors (Lipinski definition) is 3. The SMILES string of the molecule is Cc1ccc(C)c(NC(=O)CSc2nnc(NN=C3CCCCC3)n2N)c1. The minimum absolute atomic E-state index is 0.117. The molecule has 0 saturated heterocycles. The fraction of sp³-hybridized carbons (Fsp3) is 0.444. The molecule has 1 saturated carbocycles. The Balaban J connectivity index is 1.54. The Morgan fingerprint density at radius 3 is 2.81 bits per heavy atom. The van der Waals surface area contributed by atoms with Gasteiger partial charge in [-0.15, -0.1) is 10.2 Å². The molecule has 1 amide bonds. The van der Waals surface area contributed by atoms with Crippen LogP contribution in [0.4, 0.5) is 11.6 Å². The lowest BCUT2D eigenvalue weighted by Crippen LogP contribution is -2.17. The average molecular weight is 388 g/mol. The van der Waals surface area contributed by atoms with Crippen molar-refractivity contribution in [1.29, 1.82) is 0 Å². The maximum atomic E-state index is 12.2. The summed E-state index contributed by atoms with van der Waals surface area (Å²) in [5, 5.41) is 15.8. The van der Waals surface area contributed by atoms with E-state index in [9.17, 15) is 4.79 Å². The van der Waals surface area contributed by atoms with Crippen molar-refractivity contribution in [3.05, 3.63) is 29.3 Å². The Morgan fingerprint density at radius 1 is 1.26 bits per heavy atom. The number of amides is 1. The second kappa shape index (κ2) is 8.90. The first kappa shape index (κ1) is 19.2.